The van der Waals surface area contributed by atoms with Crippen molar-refractivity contribution in [3.8, 4) is 0 Å². The van der Waals surface area contributed by atoms with E-state index in [1.165, 1.54) is 0 Å². The van der Waals surface area contributed by atoms with Gasteiger partial charge in [0.25, 0.3) is 5.91 Å². The van der Waals surface area contributed by atoms with Crippen molar-refractivity contribution in [1.82, 2.24) is 14.9 Å². The number of imidazole rings is 1. The number of aromatic amines is 1. The lowest BCUT2D eigenvalue weighted by molar-refractivity contribution is 0.0711. The van der Waals surface area contributed by atoms with Gasteiger partial charge >= 0.3 is 0 Å². The van der Waals surface area contributed by atoms with Gasteiger partial charge in [-0.2, -0.15) is 0 Å². The average molecular weight is 569 g/mol. The topological polar surface area (TPSA) is 69.3 Å². The minimum atomic E-state index is -1.47. The smallest absolute Gasteiger partial charge is 0.253 e. The molecular weight excluding hydrogens is 540 g/mol. The first-order chi connectivity index (χ1) is 19.5. The first-order valence-electron chi connectivity index (χ1n) is 13.4. The molecule has 1 amide bonds. The van der Waals surface area contributed by atoms with Gasteiger partial charge in [0.1, 0.15) is 5.82 Å². The molecule has 0 spiro atoms. The lowest BCUT2D eigenvalue weighted by atomic mass is 9.95. The number of anilines is 1. The third-order valence-electron chi connectivity index (χ3n) is 7.34. The molecule has 6 nitrogen and oxygen atoms in total. The molecule has 8 heteroatoms. The fraction of sp³-hybridized carbons (Fsp3) is 0.188. The van der Waals surface area contributed by atoms with Crippen molar-refractivity contribution in [3.63, 3.8) is 0 Å². The van der Waals surface area contributed by atoms with Gasteiger partial charge < -0.3 is 9.88 Å². The molecule has 202 valence electrons. The van der Waals surface area contributed by atoms with E-state index in [0.717, 1.165) is 41.0 Å². The highest BCUT2D eigenvalue weighted by molar-refractivity contribution is 7.86. The van der Waals surface area contributed by atoms with E-state index >= 15 is 0 Å². The van der Waals surface area contributed by atoms with Gasteiger partial charge in [-0.1, -0.05) is 60.1 Å². The van der Waals surface area contributed by atoms with E-state index in [1.54, 1.807) is 0 Å². The Morgan fingerprint density at radius 2 is 1.65 bits per heavy atom. The summed E-state index contributed by atoms with van der Waals surface area (Å²) in [5.41, 5.74) is 4.30. The van der Waals surface area contributed by atoms with Crippen LogP contribution in [0.25, 0.3) is 11.0 Å². The maximum atomic E-state index is 13.7. The van der Waals surface area contributed by atoms with Gasteiger partial charge in [-0.3, -0.25) is 9.10 Å². The van der Waals surface area contributed by atoms with Crippen LogP contribution in [0.2, 0.25) is 5.02 Å². The molecule has 4 aromatic carbocycles. The zero-order valence-corrected chi connectivity index (χ0v) is 23.4. The summed E-state index contributed by atoms with van der Waals surface area (Å²) in [7, 11) is -1.47. The molecule has 6 rings (SSSR count). The third kappa shape index (κ3) is 5.67. The van der Waals surface area contributed by atoms with Crippen molar-refractivity contribution in [2.75, 3.05) is 17.4 Å². The number of carbonyl (C=O) groups is 1. The highest BCUT2D eigenvalue weighted by Crippen LogP contribution is 2.30. The van der Waals surface area contributed by atoms with E-state index in [0.29, 0.717) is 41.0 Å². The number of nitrogens with one attached hydrogen (secondary N) is 1. The molecule has 1 N–H and O–H groups in total. The Labute approximate surface area is 241 Å². The molecule has 1 saturated heterocycles. The quantitative estimate of drug-likeness (QED) is 0.231. The molecule has 0 radical (unpaired) electrons. The number of fused-ring (bicyclic) bond motifs is 1. The van der Waals surface area contributed by atoms with Crippen LogP contribution in [0.15, 0.2) is 108 Å². The summed E-state index contributed by atoms with van der Waals surface area (Å²) in [6.07, 6.45) is 1.71. The van der Waals surface area contributed by atoms with Crippen molar-refractivity contribution < 1.29 is 9.00 Å². The second-order valence-corrected chi connectivity index (χ2v) is 11.8. The largest absolute Gasteiger partial charge is 0.342 e. The number of likely N-dealkylation sites (tertiary alicyclic amines) is 1. The Hall–Kier alpha value is -3.94. The number of nitrogens with zero attached hydrogens (tertiary/aromatic N) is 3. The fourth-order valence-electron chi connectivity index (χ4n) is 5.16. The van der Waals surface area contributed by atoms with E-state index in [2.05, 4.69) is 4.98 Å². The predicted octanol–water partition coefficient (Wildman–Crippen LogP) is 6.97. The number of hydrogen-bond donors (Lipinski definition) is 1. The number of H-pyrrole nitrogens is 1. The van der Waals surface area contributed by atoms with E-state index < -0.39 is 11.0 Å². The number of aromatic nitrogens is 2. The van der Waals surface area contributed by atoms with Gasteiger partial charge in [0.15, 0.2) is 11.0 Å². The van der Waals surface area contributed by atoms with Crippen LogP contribution in [-0.4, -0.2) is 38.1 Å². The monoisotopic (exact) mass is 568 g/mol. The number of hydrogen-bond acceptors (Lipinski definition) is 3. The van der Waals surface area contributed by atoms with Crippen molar-refractivity contribution >= 4 is 45.2 Å². The Bertz CT molecular complexity index is 1610. The van der Waals surface area contributed by atoms with Gasteiger partial charge in [-0.05, 0) is 73.0 Å². The summed E-state index contributed by atoms with van der Waals surface area (Å²) in [4.78, 5) is 24.4. The second kappa shape index (κ2) is 11.7. The number of piperidine rings is 1. The van der Waals surface area contributed by atoms with Crippen molar-refractivity contribution in [1.29, 1.82) is 0 Å². The Morgan fingerprint density at radius 1 is 0.925 bits per heavy atom. The summed E-state index contributed by atoms with van der Waals surface area (Å²) in [6, 6.07) is 32.4. The van der Waals surface area contributed by atoms with Crippen LogP contribution in [0.4, 0.5) is 5.69 Å². The van der Waals surface area contributed by atoms with Crippen LogP contribution in [-0.2, 0) is 17.5 Å². The zero-order valence-electron chi connectivity index (χ0n) is 21.9. The third-order valence-corrected chi connectivity index (χ3v) is 9.01. The van der Waals surface area contributed by atoms with E-state index in [-0.39, 0.29) is 5.91 Å². The lowest BCUT2D eigenvalue weighted by Gasteiger charge is -2.31. The normalized spacial score (nSPS) is 14.8. The lowest BCUT2D eigenvalue weighted by Crippen LogP contribution is -2.38. The van der Waals surface area contributed by atoms with Gasteiger partial charge in [0, 0.05) is 29.6 Å². The first kappa shape index (κ1) is 26.3. The summed E-state index contributed by atoms with van der Waals surface area (Å²) in [6.45, 7) is 1.73. The van der Waals surface area contributed by atoms with Crippen molar-refractivity contribution in [2.24, 2.45) is 0 Å². The average Bonchev–Trinajstić information content (AvgIpc) is 3.45. The second-order valence-electron chi connectivity index (χ2n) is 9.98. The first-order valence-corrected chi connectivity index (χ1v) is 14.9. The van der Waals surface area contributed by atoms with Crippen LogP contribution in [0, 0.1) is 0 Å². The van der Waals surface area contributed by atoms with Crippen LogP contribution in [0.5, 0.6) is 0 Å². The molecule has 1 aliphatic rings. The standard InChI is InChI=1S/C32H29ClN4O2S/c33-26-15-13-23(14-16-26)22-37(40(39)28-9-2-1-3-10-28)27-8-6-7-25(21-27)32(38)36-19-17-24(18-20-36)31-34-29-11-4-5-12-30(29)35-31/h1-16,21,24H,17-20,22H2,(H,34,35). The summed E-state index contributed by atoms with van der Waals surface area (Å²) in [5.74, 6) is 1.28. The molecule has 40 heavy (non-hydrogen) atoms. The Kier molecular flexibility index (Phi) is 7.66. The molecule has 1 fully saturated rings. The van der Waals surface area contributed by atoms with Crippen LogP contribution < -0.4 is 4.31 Å². The van der Waals surface area contributed by atoms with Gasteiger partial charge in [0.05, 0.1) is 28.2 Å². The molecular formula is C32H29ClN4O2S. The summed E-state index contributed by atoms with van der Waals surface area (Å²) in [5, 5.41) is 0.649. The maximum absolute atomic E-state index is 13.7. The predicted molar refractivity (Wildman–Crippen MR) is 161 cm³/mol. The SMILES string of the molecule is O=C(c1cccc(N(Cc2ccc(Cl)cc2)S(=O)c2ccccc2)c1)N1CCC(c2nc3ccccc3[nH]2)CC1. The molecule has 2 heterocycles. The maximum Gasteiger partial charge on any atom is 0.253 e. The number of rotatable bonds is 7. The molecule has 0 saturated carbocycles. The zero-order chi connectivity index (χ0) is 27.5. The molecule has 1 atom stereocenters. The number of carbonyl (C=O) groups excluding carboxylic acids is 1. The molecule has 1 unspecified atom stereocenters. The molecule has 1 aromatic heterocycles. The van der Waals surface area contributed by atoms with Crippen LogP contribution in [0.3, 0.4) is 0 Å². The highest BCUT2D eigenvalue weighted by Gasteiger charge is 2.27. The van der Waals surface area contributed by atoms with Crippen LogP contribution in [0.1, 0.15) is 40.5 Å². The molecule has 0 aliphatic carbocycles. The van der Waals surface area contributed by atoms with E-state index in [9.17, 15) is 9.00 Å². The molecule has 0 bridgehead atoms. The van der Waals surface area contributed by atoms with E-state index in [4.69, 9.17) is 16.6 Å². The minimum absolute atomic E-state index is 0.0122. The van der Waals surface area contributed by atoms with Crippen molar-refractivity contribution in [2.45, 2.75) is 30.2 Å². The number of para-hydroxylation sites is 2. The van der Waals surface area contributed by atoms with Crippen LogP contribution >= 0.6 is 11.6 Å². The number of halogens is 1. The van der Waals surface area contributed by atoms with E-state index in [1.807, 2.05) is 112 Å². The molecule has 5 aromatic rings. The Balaban J connectivity index is 1.20. The van der Waals surface area contributed by atoms with Crippen molar-refractivity contribution in [3.05, 3.63) is 125 Å². The highest BCUT2D eigenvalue weighted by atomic mass is 35.5. The number of benzene rings is 4. The summed E-state index contributed by atoms with van der Waals surface area (Å²) < 4.78 is 15.6. The van der Waals surface area contributed by atoms with Gasteiger partial charge in [0.2, 0.25) is 0 Å². The fourth-order valence-corrected chi connectivity index (χ4v) is 6.51. The summed E-state index contributed by atoms with van der Waals surface area (Å²) >= 11 is 6.09. The Morgan fingerprint density at radius 3 is 2.40 bits per heavy atom. The minimum Gasteiger partial charge on any atom is -0.342 e. The number of amides is 1. The van der Waals surface area contributed by atoms with Gasteiger partial charge in [-0.15, -0.1) is 0 Å². The van der Waals surface area contributed by atoms with Gasteiger partial charge in [-0.25, -0.2) is 9.19 Å². The molecule has 1 aliphatic heterocycles.